The minimum Gasteiger partial charge on any atom is -0.369 e. The number of halogens is 1. The van der Waals surface area contributed by atoms with Gasteiger partial charge in [0.2, 0.25) is 5.91 Å². The number of thiophene rings is 1. The zero-order chi connectivity index (χ0) is 14.3. The van der Waals surface area contributed by atoms with Crippen LogP contribution < -0.4 is 5.73 Å². The molecule has 3 heterocycles. The molecule has 0 saturated heterocycles. The van der Waals surface area contributed by atoms with E-state index in [0.717, 1.165) is 27.5 Å². The summed E-state index contributed by atoms with van der Waals surface area (Å²) in [6.07, 6.45) is 2.11. The summed E-state index contributed by atoms with van der Waals surface area (Å²) >= 11 is 7.42. The van der Waals surface area contributed by atoms with Crippen LogP contribution in [0.25, 0.3) is 16.2 Å². The Bertz CT molecular complexity index is 806. The van der Waals surface area contributed by atoms with Gasteiger partial charge in [-0.2, -0.15) is 0 Å². The maximum atomic E-state index is 11.3. The first-order chi connectivity index (χ1) is 9.54. The van der Waals surface area contributed by atoms with Crippen molar-refractivity contribution in [2.24, 2.45) is 5.73 Å². The number of hydrogen-bond acceptors (Lipinski definition) is 3. The van der Waals surface area contributed by atoms with Crippen LogP contribution in [0.15, 0.2) is 30.5 Å². The number of rotatable bonds is 3. The lowest BCUT2D eigenvalue weighted by Crippen LogP contribution is -2.15. The van der Waals surface area contributed by atoms with Gasteiger partial charge in [0.25, 0.3) is 0 Å². The molecular weight excluding hydrogens is 294 g/mol. The van der Waals surface area contributed by atoms with Crippen LogP contribution in [-0.2, 0) is 11.2 Å². The summed E-state index contributed by atoms with van der Waals surface area (Å²) in [5, 5.41) is 0. The van der Waals surface area contributed by atoms with Crippen LogP contribution in [0.4, 0.5) is 0 Å². The Morgan fingerprint density at radius 3 is 2.85 bits per heavy atom. The molecule has 0 saturated carbocycles. The van der Waals surface area contributed by atoms with Gasteiger partial charge in [-0.15, -0.1) is 11.3 Å². The molecule has 1 amide bonds. The summed E-state index contributed by atoms with van der Waals surface area (Å²) in [6, 6.07) is 7.65. The highest BCUT2D eigenvalue weighted by Gasteiger charge is 2.17. The van der Waals surface area contributed by atoms with Crippen molar-refractivity contribution in [2.75, 3.05) is 0 Å². The van der Waals surface area contributed by atoms with Gasteiger partial charge >= 0.3 is 0 Å². The number of nitrogens with two attached hydrogens (primary N) is 1. The zero-order valence-electron chi connectivity index (χ0n) is 10.8. The number of carbonyl (C=O) groups is 1. The minimum atomic E-state index is -0.378. The molecule has 0 aliphatic rings. The van der Waals surface area contributed by atoms with Crippen molar-refractivity contribution >= 4 is 34.5 Å². The summed E-state index contributed by atoms with van der Waals surface area (Å²) in [6.45, 7) is 2.00. The number of aromatic nitrogens is 2. The summed E-state index contributed by atoms with van der Waals surface area (Å²) in [4.78, 5) is 16.9. The minimum absolute atomic E-state index is 0.148. The second-order valence-electron chi connectivity index (χ2n) is 4.59. The lowest BCUT2D eigenvalue weighted by molar-refractivity contribution is -0.117. The Labute approximate surface area is 124 Å². The number of primary amides is 1. The number of nitrogens with zero attached hydrogens (tertiary/aromatic N) is 2. The van der Waals surface area contributed by atoms with E-state index in [9.17, 15) is 4.79 Å². The number of pyridine rings is 1. The Balaban J connectivity index is 2.27. The van der Waals surface area contributed by atoms with Gasteiger partial charge in [-0.1, -0.05) is 17.7 Å². The Morgan fingerprint density at radius 2 is 2.20 bits per heavy atom. The van der Waals surface area contributed by atoms with Crippen LogP contribution in [0.1, 0.15) is 11.3 Å². The van der Waals surface area contributed by atoms with E-state index < -0.39 is 0 Å². The average molecular weight is 306 g/mol. The third-order valence-corrected chi connectivity index (χ3v) is 4.25. The van der Waals surface area contributed by atoms with Crippen LogP contribution in [0, 0.1) is 6.92 Å². The highest BCUT2D eigenvalue weighted by Crippen LogP contribution is 2.33. The lowest BCUT2D eigenvalue weighted by atomic mass is 10.2. The lowest BCUT2D eigenvalue weighted by Gasteiger charge is -2.02. The molecular formula is C14H12ClN3OS. The van der Waals surface area contributed by atoms with E-state index in [4.69, 9.17) is 17.3 Å². The fraction of sp³-hybridized carbons (Fsp3) is 0.143. The maximum absolute atomic E-state index is 11.3. The second kappa shape index (κ2) is 4.92. The van der Waals surface area contributed by atoms with E-state index in [0.29, 0.717) is 4.34 Å². The molecule has 0 aromatic carbocycles. The summed E-state index contributed by atoms with van der Waals surface area (Å²) < 4.78 is 2.61. The molecule has 0 aliphatic heterocycles. The largest absolute Gasteiger partial charge is 0.369 e. The molecule has 0 unspecified atom stereocenters. The van der Waals surface area contributed by atoms with Gasteiger partial charge < -0.3 is 10.1 Å². The third kappa shape index (κ3) is 2.30. The Kier molecular flexibility index (Phi) is 3.23. The van der Waals surface area contributed by atoms with E-state index in [1.165, 1.54) is 11.3 Å². The smallest absolute Gasteiger partial charge is 0.223 e. The van der Waals surface area contributed by atoms with Crippen molar-refractivity contribution in [2.45, 2.75) is 13.3 Å². The van der Waals surface area contributed by atoms with Crippen LogP contribution in [0.2, 0.25) is 4.34 Å². The topological polar surface area (TPSA) is 60.4 Å². The van der Waals surface area contributed by atoms with Gasteiger partial charge in [0.15, 0.2) is 0 Å². The highest BCUT2D eigenvalue weighted by atomic mass is 35.5. The first-order valence-corrected chi connectivity index (χ1v) is 7.25. The van der Waals surface area contributed by atoms with E-state index >= 15 is 0 Å². The van der Waals surface area contributed by atoms with Crippen LogP contribution >= 0.6 is 22.9 Å². The third-order valence-electron chi connectivity index (χ3n) is 3.01. The summed E-state index contributed by atoms with van der Waals surface area (Å²) in [5.41, 5.74) is 8.82. The molecule has 0 bridgehead atoms. The molecule has 3 aromatic heterocycles. The van der Waals surface area contributed by atoms with E-state index in [1.807, 2.05) is 41.8 Å². The van der Waals surface area contributed by atoms with Crippen molar-refractivity contribution in [3.63, 3.8) is 0 Å². The van der Waals surface area contributed by atoms with E-state index in [1.54, 1.807) is 0 Å². The normalized spacial score (nSPS) is 11.1. The molecule has 3 rings (SSSR count). The first-order valence-electron chi connectivity index (χ1n) is 6.06. The number of fused-ring (bicyclic) bond motifs is 1. The van der Waals surface area contributed by atoms with Crippen molar-refractivity contribution in [1.82, 2.24) is 9.38 Å². The van der Waals surface area contributed by atoms with Gasteiger partial charge in [0.1, 0.15) is 11.3 Å². The highest BCUT2D eigenvalue weighted by molar-refractivity contribution is 7.19. The quantitative estimate of drug-likeness (QED) is 0.808. The SMILES string of the molecule is Cc1ccc2nc(-c3ccc(Cl)s3)c(CC(N)=O)n2c1. The van der Waals surface area contributed by atoms with Gasteiger partial charge in [-0.25, -0.2) is 4.98 Å². The van der Waals surface area contributed by atoms with Gasteiger partial charge in [-0.3, -0.25) is 4.79 Å². The summed E-state index contributed by atoms with van der Waals surface area (Å²) in [5.74, 6) is -0.378. The van der Waals surface area contributed by atoms with Crippen molar-refractivity contribution in [3.05, 3.63) is 46.1 Å². The number of carbonyl (C=O) groups excluding carboxylic acids is 1. The molecule has 6 heteroatoms. The first kappa shape index (κ1) is 13.1. The fourth-order valence-electron chi connectivity index (χ4n) is 2.17. The number of amides is 1. The number of aryl methyl sites for hydroxylation is 1. The molecule has 0 aliphatic carbocycles. The fourth-order valence-corrected chi connectivity index (χ4v) is 3.23. The summed E-state index contributed by atoms with van der Waals surface area (Å²) in [7, 11) is 0. The molecule has 0 spiro atoms. The Hall–Kier alpha value is -1.85. The standard InChI is InChI=1S/C14H12ClN3OS/c1-8-2-5-13-17-14(10-3-4-11(15)20-10)9(6-12(16)19)18(13)7-8/h2-5,7H,6H2,1H3,(H2,16,19). The molecule has 2 N–H and O–H groups in total. The molecule has 0 atom stereocenters. The maximum Gasteiger partial charge on any atom is 0.223 e. The predicted molar refractivity (Wildman–Crippen MR) is 81.2 cm³/mol. The van der Waals surface area contributed by atoms with E-state index in [-0.39, 0.29) is 12.3 Å². The zero-order valence-corrected chi connectivity index (χ0v) is 12.3. The van der Waals surface area contributed by atoms with Crippen molar-refractivity contribution in [3.8, 4) is 10.6 Å². The molecule has 4 nitrogen and oxygen atoms in total. The number of imidazole rings is 1. The van der Waals surface area contributed by atoms with Crippen LogP contribution in [0.3, 0.4) is 0 Å². The Morgan fingerprint density at radius 1 is 1.40 bits per heavy atom. The van der Waals surface area contributed by atoms with Crippen molar-refractivity contribution in [1.29, 1.82) is 0 Å². The van der Waals surface area contributed by atoms with E-state index in [2.05, 4.69) is 4.98 Å². The second-order valence-corrected chi connectivity index (χ2v) is 6.30. The molecule has 3 aromatic rings. The van der Waals surface area contributed by atoms with Gasteiger partial charge in [-0.05, 0) is 30.7 Å². The average Bonchev–Trinajstić information content (AvgIpc) is 2.94. The van der Waals surface area contributed by atoms with Gasteiger partial charge in [0, 0.05) is 6.20 Å². The predicted octanol–water partition coefficient (Wildman–Crippen LogP) is 3.05. The molecule has 0 fully saturated rings. The number of hydrogen-bond donors (Lipinski definition) is 1. The van der Waals surface area contributed by atoms with Crippen LogP contribution in [-0.4, -0.2) is 15.3 Å². The molecule has 0 radical (unpaired) electrons. The van der Waals surface area contributed by atoms with Crippen LogP contribution in [0.5, 0.6) is 0 Å². The van der Waals surface area contributed by atoms with Gasteiger partial charge in [0.05, 0.1) is 21.3 Å². The molecule has 102 valence electrons. The van der Waals surface area contributed by atoms with Crippen molar-refractivity contribution < 1.29 is 4.79 Å². The molecule has 20 heavy (non-hydrogen) atoms. The monoisotopic (exact) mass is 305 g/mol.